The van der Waals surface area contributed by atoms with Crippen LogP contribution in [0.1, 0.15) is 0 Å². The second kappa shape index (κ2) is 8.73. The Morgan fingerprint density at radius 2 is 1.49 bits per heavy atom. The van der Waals surface area contributed by atoms with E-state index in [1.54, 1.807) is 55.6 Å². The van der Waals surface area contributed by atoms with Crippen molar-refractivity contribution in [2.75, 3.05) is 24.3 Å². The van der Waals surface area contributed by atoms with Gasteiger partial charge in [-0.1, -0.05) is 36.4 Å². The topological polar surface area (TPSA) is 94.2 Å². The largest absolute Gasteiger partial charge is 0.354 e. The molecule has 35 heavy (non-hydrogen) atoms. The number of rotatable bonds is 5. The fraction of sp³-hybridized carbons (Fsp3) is 0.120. The summed E-state index contributed by atoms with van der Waals surface area (Å²) in [6.07, 6.45) is 0. The fourth-order valence-corrected chi connectivity index (χ4v) is 4.62. The lowest BCUT2D eigenvalue weighted by Crippen LogP contribution is -2.40. The van der Waals surface area contributed by atoms with Gasteiger partial charge in [-0.05, 0) is 24.3 Å². The summed E-state index contributed by atoms with van der Waals surface area (Å²) >= 11 is 1.43. The Bertz CT molecular complexity index is 1720. The number of fused-ring (bicyclic) bond motifs is 1. The lowest BCUT2D eigenvalue weighted by Gasteiger charge is -2.18. The van der Waals surface area contributed by atoms with Gasteiger partial charge in [0.05, 0.1) is 17.1 Å². The highest BCUT2D eigenvalue weighted by atomic mass is 32.1. The third kappa shape index (κ3) is 3.83. The van der Waals surface area contributed by atoms with E-state index in [9.17, 15) is 14.4 Å². The van der Waals surface area contributed by atoms with Gasteiger partial charge in [0.25, 0.3) is 11.1 Å². The number of benzene rings is 2. The number of hydrogen-bond donors (Lipinski definition) is 1. The van der Waals surface area contributed by atoms with Crippen molar-refractivity contribution in [1.29, 1.82) is 0 Å². The molecule has 1 N–H and O–H groups in total. The van der Waals surface area contributed by atoms with Gasteiger partial charge in [0.15, 0.2) is 5.13 Å². The number of anilines is 3. The molecule has 0 fully saturated rings. The highest BCUT2D eigenvalue weighted by Crippen LogP contribution is 2.27. The van der Waals surface area contributed by atoms with E-state index in [1.165, 1.54) is 26.5 Å². The molecule has 176 valence electrons. The highest BCUT2D eigenvalue weighted by Gasteiger charge is 2.22. The van der Waals surface area contributed by atoms with Crippen LogP contribution in [0.25, 0.3) is 22.4 Å². The average molecular weight is 487 g/mol. The molecule has 0 unspecified atom stereocenters. The molecule has 9 nitrogen and oxygen atoms in total. The summed E-state index contributed by atoms with van der Waals surface area (Å²) in [4.78, 5) is 47.1. The summed E-state index contributed by atoms with van der Waals surface area (Å²) in [5.74, 6) is 0.497. The number of hydrogen-bond acceptors (Lipinski definition) is 7. The number of pyridine rings is 1. The van der Waals surface area contributed by atoms with E-state index in [0.29, 0.717) is 17.2 Å². The molecule has 0 bridgehead atoms. The standard InChI is InChI=1S/C25H22N6O3S/c1-28(2)24-27-19(15-35-24)26-18-14-20(32)29(3)22-21(18)23(33)31(17-12-8-5-9-13-17)25(34)30(22)16-10-6-4-7-11-16/h4-15,26H,1-3H3. The smallest absolute Gasteiger partial charge is 0.341 e. The molecule has 5 aromatic rings. The van der Waals surface area contributed by atoms with Gasteiger partial charge in [-0.15, -0.1) is 11.3 Å². The van der Waals surface area contributed by atoms with Gasteiger partial charge in [-0.2, -0.15) is 0 Å². The van der Waals surface area contributed by atoms with Crippen LogP contribution in [0.15, 0.2) is 86.5 Å². The van der Waals surface area contributed by atoms with Crippen molar-refractivity contribution >= 4 is 39.0 Å². The van der Waals surface area contributed by atoms with E-state index in [4.69, 9.17) is 0 Å². The Morgan fingerprint density at radius 1 is 0.886 bits per heavy atom. The van der Waals surface area contributed by atoms with Gasteiger partial charge in [0.2, 0.25) is 0 Å². The first-order chi connectivity index (χ1) is 16.9. The zero-order valence-electron chi connectivity index (χ0n) is 19.3. The molecule has 0 aliphatic rings. The second-order valence-electron chi connectivity index (χ2n) is 8.12. The number of aromatic nitrogens is 4. The van der Waals surface area contributed by atoms with E-state index in [0.717, 1.165) is 9.70 Å². The Labute approximate surface area is 203 Å². The first-order valence-corrected chi connectivity index (χ1v) is 11.7. The van der Waals surface area contributed by atoms with E-state index < -0.39 is 11.2 Å². The highest BCUT2D eigenvalue weighted by molar-refractivity contribution is 7.14. The van der Waals surface area contributed by atoms with E-state index in [1.807, 2.05) is 36.5 Å². The third-order valence-corrected chi connectivity index (χ3v) is 6.59. The molecular weight excluding hydrogens is 464 g/mol. The molecule has 5 rings (SSSR count). The maximum absolute atomic E-state index is 13.9. The molecule has 10 heteroatoms. The molecule has 2 aromatic carbocycles. The van der Waals surface area contributed by atoms with Crippen molar-refractivity contribution in [2.45, 2.75) is 0 Å². The monoisotopic (exact) mass is 486 g/mol. The summed E-state index contributed by atoms with van der Waals surface area (Å²) in [7, 11) is 5.31. The first-order valence-electron chi connectivity index (χ1n) is 10.8. The van der Waals surface area contributed by atoms with Crippen LogP contribution in [0.3, 0.4) is 0 Å². The second-order valence-corrected chi connectivity index (χ2v) is 8.95. The van der Waals surface area contributed by atoms with Crippen molar-refractivity contribution < 1.29 is 0 Å². The maximum atomic E-state index is 13.9. The maximum Gasteiger partial charge on any atom is 0.341 e. The Hall–Kier alpha value is -4.44. The van der Waals surface area contributed by atoms with Crippen molar-refractivity contribution in [3.05, 3.63) is 103 Å². The normalized spacial score (nSPS) is 11.1. The zero-order chi connectivity index (χ0) is 24.7. The van der Waals surface area contributed by atoms with Crippen molar-refractivity contribution in [2.24, 2.45) is 7.05 Å². The van der Waals surface area contributed by atoms with Crippen LogP contribution in [0.2, 0.25) is 0 Å². The number of thiazole rings is 1. The van der Waals surface area contributed by atoms with Gasteiger partial charge in [-0.3, -0.25) is 14.2 Å². The van der Waals surface area contributed by atoms with Gasteiger partial charge < -0.3 is 10.2 Å². The number of para-hydroxylation sites is 2. The van der Waals surface area contributed by atoms with E-state index >= 15 is 0 Å². The van der Waals surface area contributed by atoms with Crippen LogP contribution in [0.5, 0.6) is 0 Å². The van der Waals surface area contributed by atoms with Crippen LogP contribution in [-0.2, 0) is 7.05 Å². The third-order valence-electron chi connectivity index (χ3n) is 5.59. The summed E-state index contributed by atoms with van der Waals surface area (Å²) in [5, 5.41) is 5.91. The molecule has 0 radical (unpaired) electrons. The minimum absolute atomic E-state index is 0.191. The summed E-state index contributed by atoms with van der Waals surface area (Å²) < 4.78 is 3.83. The summed E-state index contributed by atoms with van der Waals surface area (Å²) in [6, 6.07) is 19.0. The van der Waals surface area contributed by atoms with Crippen LogP contribution in [0.4, 0.5) is 16.6 Å². The SMILES string of the molecule is CN(C)c1nc(Nc2cc(=O)n(C)c3c2c(=O)n(-c2ccccc2)c(=O)n3-c2ccccc2)cs1. The van der Waals surface area contributed by atoms with Gasteiger partial charge in [0, 0.05) is 32.6 Å². The van der Waals surface area contributed by atoms with Gasteiger partial charge >= 0.3 is 5.69 Å². The summed E-state index contributed by atoms with van der Waals surface area (Å²) in [5.41, 5.74) is -0.0565. The van der Waals surface area contributed by atoms with Crippen molar-refractivity contribution in [3.63, 3.8) is 0 Å². The van der Waals surface area contributed by atoms with Crippen molar-refractivity contribution in [3.8, 4) is 11.4 Å². The lowest BCUT2D eigenvalue weighted by atomic mass is 10.2. The lowest BCUT2D eigenvalue weighted by molar-refractivity contribution is 0.784. The first kappa shape index (κ1) is 22.4. The Kier molecular flexibility index (Phi) is 5.58. The fourth-order valence-electron chi connectivity index (χ4n) is 3.93. The van der Waals surface area contributed by atoms with Gasteiger partial charge in [0.1, 0.15) is 16.9 Å². The molecule has 0 spiro atoms. The van der Waals surface area contributed by atoms with Gasteiger partial charge in [-0.25, -0.2) is 18.9 Å². The van der Waals surface area contributed by atoms with E-state index in [2.05, 4.69) is 10.3 Å². The molecule has 3 heterocycles. The molecule has 0 aliphatic carbocycles. The molecule has 0 saturated carbocycles. The molecule has 0 saturated heterocycles. The van der Waals surface area contributed by atoms with E-state index in [-0.39, 0.29) is 22.3 Å². The number of nitrogens with zero attached hydrogens (tertiary/aromatic N) is 5. The molecule has 0 atom stereocenters. The number of aryl methyl sites for hydroxylation is 1. The molecule has 0 amide bonds. The van der Waals surface area contributed by atoms with Crippen molar-refractivity contribution in [1.82, 2.24) is 18.7 Å². The van der Waals surface area contributed by atoms with Crippen LogP contribution >= 0.6 is 11.3 Å². The summed E-state index contributed by atoms with van der Waals surface area (Å²) in [6.45, 7) is 0. The molecular formula is C25H22N6O3S. The molecule has 0 aliphatic heterocycles. The minimum atomic E-state index is -0.574. The zero-order valence-corrected chi connectivity index (χ0v) is 20.1. The quantitative estimate of drug-likeness (QED) is 0.410. The van der Waals surface area contributed by atoms with Crippen LogP contribution in [0, 0.1) is 0 Å². The Balaban J connectivity index is 1.91. The number of nitrogens with one attached hydrogen (secondary N) is 1. The average Bonchev–Trinajstić information content (AvgIpc) is 3.32. The minimum Gasteiger partial charge on any atom is -0.354 e. The molecule has 3 aromatic heterocycles. The predicted molar refractivity (Wildman–Crippen MR) is 140 cm³/mol. The predicted octanol–water partition coefficient (Wildman–Crippen LogP) is 3.11. The Morgan fingerprint density at radius 3 is 2.06 bits per heavy atom. The van der Waals surface area contributed by atoms with Crippen LogP contribution < -0.4 is 27.0 Å². The van der Waals surface area contributed by atoms with Crippen LogP contribution in [-0.4, -0.2) is 32.8 Å².